The quantitative estimate of drug-likeness (QED) is 0.556. The lowest BCUT2D eigenvalue weighted by Gasteiger charge is -2.10. The van der Waals surface area contributed by atoms with Crippen molar-refractivity contribution in [2.75, 3.05) is 10.1 Å². The fourth-order valence-electron chi connectivity index (χ4n) is 1.50. The van der Waals surface area contributed by atoms with Gasteiger partial charge in [0.05, 0.1) is 17.1 Å². The predicted molar refractivity (Wildman–Crippen MR) is 74.4 cm³/mol. The summed E-state index contributed by atoms with van der Waals surface area (Å²) in [7, 11) is -3.84. The van der Waals surface area contributed by atoms with Crippen LogP contribution in [-0.4, -0.2) is 23.6 Å². The van der Waals surface area contributed by atoms with Crippen molar-refractivity contribution in [1.29, 1.82) is 0 Å². The number of nitrogen functional groups attached to an aromatic ring is 1. The van der Waals surface area contributed by atoms with Crippen LogP contribution < -0.4 is 16.0 Å². The average Bonchev–Trinajstić information content (AvgIpc) is 2.42. The van der Waals surface area contributed by atoms with Crippen LogP contribution in [0.1, 0.15) is 11.4 Å². The second-order valence-electron chi connectivity index (χ2n) is 4.05. The number of hydrogen-bond acceptors (Lipinski definition) is 7. The zero-order valence-electron chi connectivity index (χ0n) is 11.0. The maximum Gasteiger partial charge on any atom is 0.266 e. The van der Waals surface area contributed by atoms with E-state index in [0.717, 1.165) is 0 Å². The lowest BCUT2D eigenvalue weighted by Crippen LogP contribution is -2.19. The number of nitrogens with one attached hydrogen (secondary N) is 2. The summed E-state index contributed by atoms with van der Waals surface area (Å²) in [5, 5.41) is 7.52. The van der Waals surface area contributed by atoms with Crippen LogP contribution in [-0.2, 0) is 10.0 Å². The van der Waals surface area contributed by atoms with E-state index in [1.54, 1.807) is 32.0 Å². The maximum atomic E-state index is 12.3. The summed E-state index contributed by atoms with van der Waals surface area (Å²) in [5.41, 5.74) is 3.84. The second-order valence-corrected chi connectivity index (χ2v) is 5.70. The van der Waals surface area contributed by atoms with E-state index in [1.807, 2.05) is 0 Å². The summed E-state index contributed by atoms with van der Waals surface area (Å²) in [6.45, 7) is 3.46. The van der Waals surface area contributed by atoms with E-state index in [9.17, 15) is 8.42 Å². The molecule has 20 heavy (non-hydrogen) atoms. The van der Waals surface area contributed by atoms with Gasteiger partial charge in [-0.3, -0.25) is 5.84 Å². The molecular weight excluding hydrogens is 280 g/mol. The number of hydrazine groups is 1. The van der Waals surface area contributed by atoms with Gasteiger partial charge in [0.2, 0.25) is 0 Å². The molecule has 0 atom stereocenters. The molecule has 4 N–H and O–H groups in total. The van der Waals surface area contributed by atoms with Gasteiger partial charge in [0.25, 0.3) is 16.0 Å². The van der Waals surface area contributed by atoms with Gasteiger partial charge in [-0.25, -0.2) is 18.1 Å². The standard InChI is InChI=1S/C11H14N6O2S/c1-7-8(2)15-16-11(13-7)17-20(18,19)10-6-4-3-5-9(10)14-12/h3-6,14H,12H2,1-2H3,(H,13,16,17). The summed E-state index contributed by atoms with van der Waals surface area (Å²) in [6, 6.07) is 6.23. The first-order chi connectivity index (χ1) is 9.44. The lowest BCUT2D eigenvalue weighted by atomic mass is 10.3. The summed E-state index contributed by atoms with van der Waals surface area (Å²) >= 11 is 0. The SMILES string of the molecule is Cc1nnc(NS(=O)(=O)c2ccccc2NN)nc1C. The van der Waals surface area contributed by atoms with Crippen LogP contribution >= 0.6 is 0 Å². The number of para-hydroxylation sites is 1. The van der Waals surface area contributed by atoms with Gasteiger partial charge < -0.3 is 5.43 Å². The Labute approximate surface area is 116 Å². The van der Waals surface area contributed by atoms with Crippen molar-refractivity contribution in [3.8, 4) is 0 Å². The normalized spacial score (nSPS) is 11.2. The van der Waals surface area contributed by atoms with Crippen LogP contribution in [0, 0.1) is 13.8 Å². The first-order valence-electron chi connectivity index (χ1n) is 5.70. The Kier molecular flexibility index (Phi) is 3.81. The fourth-order valence-corrected chi connectivity index (χ4v) is 2.61. The van der Waals surface area contributed by atoms with Crippen molar-refractivity contribution in [2.45, 2.75) is 18.7 Å². The second kappa shape index (κ2) is 5.39. The number of sulfonamides is 1. The molecule has 1 heterocycles. The van der Waals surface area contributed by atoms with Crippen molar-refractivity contribution >= 4 is 21.7 Å². The van der Waals surface area contributed by atoms with E-state index in [0.29, 0.717) is 11.4 Å². The van der Waals surface area contributed by atoms with Gasteiger partial charge in [-0.2, -0.15) is 5.10 Å². The van der Waals surface area contributed by atoms with Gasteiger partial charge >= 0.3 is 0 Å². The molecule has 0 saturated heterocycles. The van der Waals surface area contributed by atoms with Crippen LogP contribution in [0.25, 0.3) is 0 Å². The van der Waals surface area contributed by atoms with Crippen molar-refractivity contribution in [3.63, 3.8) is 0 Å². The third-order valence-electron chi connectivity index (χ3n) is 2.65. The summed E-state index contributed by atoms with van der Waals surface area (Å²) in [6.07, 6.45) is 0. The minimum absolute atomic E-state index is 0.00401. The molecule has 0 spiro atoms. The van der Waals surface area contributed by atoms with E-state index < -0.39 is 10.0 Å². The number of rotatable bonds is 4. The summed E-state index contributed by atoms with van der Waals surface area (Å²) in [5.74, 6) is 5.22. The average molecular weight is 294 g/mol. The molecule has 1 aromatic carbocycles. The van der Waals surface area contributed by atoms with Crippen LogP contribution in [0.15, 0.2) is 29.2 Å². The molecule has 0 bridgehead atoms. The molecule has 0 saturated carbocycles. The number of anilines is 2. The van der Waals surface area contributed by atoms with Crippen LogP contribution in [0.3, 0.4) is 0 Å². The van der Waals surface area contributed by atoms with Gasteiger partial charge in [-0.15, -0.1) is 5.10 Å². The van der Waals surface area contributed by atoms with Crippen LogP contribution in [0.5, 0.6) is 0 Å². The monoisotopic (exact) mass is 294 g/mol. The largest absolute Gasteiger partial charge is 0.323 e. The van der Waals surface area contributed by atoms with Gasteiger partial charge in [0.1, 0.15) is 4.90 Å². The Morgan fingerprint density at radius 3 is 2.45 bits per heavy atom. The van der Waals surface area contributed by atoms with Gasteiger partial charge in [-0.1, -0.05) is 12.1 Å². The van der Waals surface area contributed by atoms with E-state index in [1.165, 1.54) is 6.07 Å². The minimum Gasteiger partial charge on any atom is -0.323 e. The summed E-state index contributed by atoms with van der Waals surface area (Å²) in [4.78, 5) is 4.03. The van der Waals surface area contributed by atoms with E-state index >= 15 is 0 Å². The van der Waals surface area contributed by atoms with E-state index in [-0.39, 0.29) is 16.5 Å². The molecule has 0 unspecified atom stereocenters. The molecule has 8 nitrogen and oxygen atoms in total. The molecule has 1 aromatic heterocycles. The van der Waals surface area contributed by atoms with Crippen molar-refractivity contribution < 1.29 is 8.42 Å². The highest BCUT2D eigenvalue weighted by atomic mass is 32.2. The molecule has 0 aliphatic carbocycles. The highest BCUT2D eigenvalue weighted by molar-refractivity contribution is 7.92. The van der Waals surface area contributed by atoms with Gasteiger partial charge in [-0.05, 0) is 26.0 Å². The molecule has 0 fully saturated rings. The minimum atomic E-state index is -3.84. The molecule has 0 radical (unpaired) electrons. The number of nitrogens with zero attached hydrogens (tertiary/aromatic N) is 3. The van der Waals surface area contributed by atoms with Gasteiger partial charge in [0, 0.05) is 0 Å². The van der Waals surface area contributed by atoms with Crippen LogP contribution in [0.4, 0.5) is 11.6 Å². The Hall–Kier alpha value is -2.26. The fraction of sp³-hybridized carbons (Fsp3) is 0.182. The number of aromatic nitrogens is 3. The summed E-state index contributed by atoms with van der Waals surface area (Å²) < 4.78 is 26.8. The van der Waals surface area contributed by atoms with E-state index in [4.69, 9.17) is 5.84 Å². The Bertz CT molecular complexity index is 731. The van der Waals surface area contributed by atoms with Crippen molar-refractivity contribution in [3.05, 3.63) is 35.7 Å². The molecule has 0 aliphatic rings. The molecule has 106 valence electrons. The lowest BCUT2D eigenvalue weighted by molar-refractivity contribution is 0.601. The van der Waals surface area contributed by atoms with Crippen molar-refractivity contribution in [1.82, 2.24) is 15.2 Å². The highest BCUT2D eigenvalue weighted by Gasteiger charge is 2.19. The first-order valence-corrected chi connectivity index (χ1v) is 7.19. The zero-order chi connectivity index (χ0) is 14.8. The third kappa shape index (κ3) is 2.83. The Balaban J connectivity index is 2.38. The molecule has 0 aliphatic heterocycles. The Morgan fingerprint density at radius 1 is 1.10 bits per heavy atom. The maximum absolute atomic E-state index is 12.3. The molecule has 2 aromatic rings. The zero-order valence-corrected chi connectivity index (χ0v) is 11.8. The molecule has 0 amide bonds. The van der Waals surface area contributed by atoms with Crippen LogP contribution in [0.2, 0.25) is 0 Å². The highest BCUT2D eigenvalue weighted by Crippen LogP contribution is 2.21. The predicted octanol–water partition coefficient (Wildman–Crippen LogP) is 0.575. The molecular formula is C11H14N6O2S. The molecule has 9 heteroatoms. The number of nitrogens with two attached hydrogens (primary N) is 1. The first kappa shape index (κ1) is 14.2. The number of benzene rings is 1. The third-order valence-corrected chi connectivity index (χ3v) is 4.04. The topological polar surface area (TPSA) is 123 Å². The number of hydrogen-bond donors (Lipinski definition) is 3. The molecule has 2 rings (SSSR count). The van der Waals surface area contributed by atoms with E-state index in [2.05, 4.69) is 25.3 Å². The Morgan fingerprint density at radius 2 is 1.80 bits per heavy atom. The van der Waals surface area contributed by atoms with Gasteiger partial charge in [0.15, 0.2) is 0 Å². The number of aryl methyl sites for hydroxylation is 2. The smallest absolute Gasteiger partial charge is 0.266 e. The van der Waals surface area contributed by atoms with Crippen molar-refractivity contribution in [2.24, 2.45) is 5.84 Å².